The molecule has 0 amide bonds. The van der Waals surface area contributed by atoms with Crippen LogP contribution in [-0.4, -0.2) is 54.0 Å². The lowest BCUT2D eigenvalue weighted by Crippen LogP contribution is -2.34. The van der Waals surface area contributed by atoms with E-state index >= 15 is 0 Å². The second-order valence-corrected chi connectivity index (χ2v) is 13.7. The quantitative estimate of drug-likeness (QED) is 0.321. The smallest absolute Gasteiger partial charge is 0.165 e. The van der Waals surface area contributed by atoms with Gasteiger partial charge in [-0.1, -0.05) is 37.8 Å². The van der Waals surface area contributed by atoms with Gasteiger partial charge >= 0.3 is 0 Å². The Labute approximate surface area is 164 Å². The average molecular weight is 395 g/mol. The van der Waals surface area contributed by atoms with E-state index in [-0.39, 0.29) is 24.4 Å². The van der Waals surface area contributed by atoms with Crippen LogP contribution in [0.15, 0.2) is 36.9 Å². The fourth-order valence-electron chi connectivity index (χ4n) is 3.06. The Kier molecular flexibility index (Phi) is 8.50. The van der Waals surface area contributed by atoms with Gasteiger partial charge in [-0.3, -0.25) is 0 Å². The van der Waals surface area contributed by atoms with Crippen molar-refractivity contribution in [2.24, 2.45) is 5.92 Å². The maximum absolute atomic E-state index is 6.22. The Balaban J connectivity index is 1.96. The van der Waals surface area contributed by atoms with E-state index in [0.717, 1.165) is 24.0 Å². The minimum Gasteiger partial charge on any atom is -0.497 e. The van der Waals surface area contributed by atoms with Crippen molar-refractivity contribution in [1.29, 1.82) is 0 Å². The normalized spacial score (nSPS) is 25.5. The molecule has 0 radical (unpaired) electrons. The Morgan fingerprint density at radius 1 is 1.15 bits per heavy atom. The third-order valence-corrected chi connectivity index (χ3v) is 6.46. The van der Waals surface area contributed by atoms with Gasteiger partial charge in [0.15, 0.2) is 6.29 Å². The molecular formula is C21H34O5Si. The summed E-state index contributed by atoms with van der Waals surface area (Å²) in [6, 6.07) is 9.02. The molecule has 1 heterocycles. The van der Waals surface area contributed by atoms with Crippen molar-refractivity contribution in [1.82, 2.24) is 0 Å². The Morgan fingerprint density at radius 3 is 2.41 bits per heavy atom. The van der Waals surface area contributed by atoms with Crippen LogP contribution in [0.3, 0.4) is 0 Å². The summed E-state index contributed by atoms with van der Waals surface area (Å²) in [5.74, 6) is 0.845. The molecule has 1 saturated heterocycles. The zero-order chi connectivity index (χ0) is 19.9. The second kappa shape index (κ2) is 10.4. The number of hydrogen-bond acceptors (Lipinski definition) is 5. The lowest BCUT2D eigenvalue weighted by Gasteiger charge is -2.24. The molecule has 1 unspecified atom stereocenters. The van der Waals surface area contributed by atoms with E-state index in [9.17, 15) is 0 Å². The summed E-state index contributed by atoms with van der Waals surface area (Å²) in [5, 5.41) is 0. The van der Waals surface area contributed by atoms with Gasteiger partial charge in [0.1, 0.15) is 11.9 Å². The van der Waals surface area contributed by atoms with Crippen LogP contribution in [0.4, 0.5) is 0 Å². The van der Waals surface area contributed by atoms with E-state index in [1.807, 2.05) is 24.3 Å². The van der Waals surface area contributed by atoms with E-state index in [1.165, 1.54) is 0 Å². The van der Waals surface area contributed by atoms with Gasteiger partial charge in [-0.25, -0.2) is 0 Å². The van der Waals surface area contributed by atoms with Crippen molar-refractivity contribution in [3.63, 3.8) is 0 Å². The molecule has 1 aromatic carbocycles. The second-order valence-electron chi connectivity index (χ2n) is 8.11. The van der Waals surface area contributed by atoms with Crippen LogP contribution in [0.25, 0.3) is 0 Å². The zero-order valence-electron chi connectivity index (χ0n) is 17.3. The molecule has 1 aliphatic heterocycles. The van der Waals surface area contributed by atoms with Crippen LogP contribution in [0.5, 0.6) is 5.75 Å². The number of rotatable bonds is 11. The lowest BCUT2D eigenvalue weighted by molar-refractivity contribution is -0.132. The van der Waals surface area contributed by atoms with E-state index in [0.29, 0.717) is 13.2 Å². The lowest BCUT2D eigenvalue weighted by atomic mass is 10.0. The molecule has 0 bridgehead atoms. The molecule has 1 aromatic rings. The molecule has 0 spiro atoms. The molecule has 1 fully saturated rings. The van der Waals surface area contributed by atoms with Gasteiger partial charge in [0, 0.05) is 21.8 Å². The SMILES string of the molecule is C=C[C@H]1OC(OC)[C@@H](COCC[Si](C)(C)C)[C@@H]1OCc1ccc(OC)cc1. The van der Waals surface area contributed by atoms with Crippen LogP contribution in [0.1, 0.15) is 5.56 Å². The third-order valence-electron chi connectivity index (χ3n) is 4.76. The first-order valence-electron chi connectivity index (χ1n) is 9.51. The van der Waals surface area contributed by atoms with Crippen molar-refractivity contribution >= 4 is 8.07 Å². The highest BCUT2D eigenvalue weighted by Gasteiger charge is 2.44. The van der Waals surface area contributed by atoms with Crippen molar-refractivity contribution in [3.8, 4) is 5.75 Å². The molecule has 27 heavy (non-hydrogen) atoms. The molecule has 5 nitrogen and oxygen atoms in total. The molecule has 0 aromatic heterocycles. The maximum atomic E-state index is 6.22. The highest BCUT2D eigenvalue weighted by atomic mass is 28.3. The topological polar surface area (TPSA) is 46.2 Å². The van der Waals surface area contributed by atoms with Gasteiger partial charge in [-0.05, 0) is 23.7 Å². The standard InChI is InChI=1S/C21H34O5Si/c1-7-19-20(25-14-16-8-10-17(22-2)11-9-16)18(21(23-3)26-19)15-24-12-13-27(4,5)6/h7-11,18-21H,1,12-15H2,2-6H3/t18-,19+,20-,21?/m0/s1. The fraction of sp³-hybridized carbons (Fsp3) is 0.619. The summed E-state index contributed by atoms with van der Waals surface area (Å²) in [7, 11) is 2.21. The van der Waals surface area contributed by atoms with Crippen molar-refractivity contribution in [2.75, 3.05) is 27.4 Å². The van der Waals surface area contributed by atoms with Gasteiger partial charge in [0.05, 0.1) is 32.3 Å². The minimum atomic E-state index is -1.11. The number of ether oxygens (including phenoxy) is 5. The van der Waals surface area contributed by atoms with Gasteiger partial charge in [0.2, 0.25) is 0 Å². The zero-order valence-corrected chi connectivity index (χ0v) is 18.3. The molecule has 0 saturated carbocycles. The molecule has 0 N–H and O–H groups in total. The predicted molar refractivity (Wildman–Crippen MR) is 110 cm³/mol. The van der Waals surface area contributed by atoms with Gasteiger partial charge in [-0.15, -0.1) is 6.58 Å². The van der Waals surface area contributed by atoms with E-state index in [4.69, 9.17) is 23.7 Å². The largest absolute Gasteiger partial charge is 0.497 e. The summed E-state index contributed by atoms with van der Waals surface area (Å²) in [5.41, 5.74) is 1.08. The molecule has 0 aliphatic carbocycles. The van der Waals surface area contributed by atoms with Crippen molar-refractivity contribution in [2.45, 2.75) is 50.8 Å². The van der Waals surface area contributed by atoms with Crippen LogP contribution >= 0.6 is 0 Å². The van der Waals surface area contributed by atoms with Crippen LogP contribution < -0.4 is 4.74 Å². The number of methoxy groups -OCH3 is 2. The van der Waals surface area contributed by atoms with Crippen LogP contribution in [-0.2, 0) is 25.6 Å². The number of hydrogen-bond donors (Lipinski definition) is 0. The molecule has 2 rings (SSSR count). The molecule has 4 atom stereocenters. The highest BCUT2D eigenvalue weighted by molar-refractivity contribution is 6.76. The van der Waals surface area contributed by atoms with E-state index in [1.54, 1.807) is 20.3 Å². The third kappa shape index (κ3) is 6.73. The molecule has 1 aliphatic rings. The van der Waals surface area contributed by atoms with E-state index in [2.05, 4.69) is 26.2 Å². The summed E-state index contributed by atoms with van der Waals surface area (Å²) in [6.45, 7) is 12.8. The van der Waals surface area contributed by atoms with Crippen LogP contribution in [0, 0.1) is 5.92 Å². The first-order valence-corrected chi connectivity index (χ1v) is 13.2. The highest BCUT2D eigenvalue weighted by Crippen LogP contribution is 2.32. The predicted octanol–water partition coefficient (Wildman–Crippen LogP) is 4.11. The summed E-state index contributed by atoms with van der Waals surface area (Å²) >= 11 is 0. The Hall–Kier alpha value is -1.18. The Bertz CT molecular complexity index is 569. The maximum Gasteiger partial charge on any atom is 0.165 e. The molecule has 6 heteroatoms. The Morgan fingerprint density at radius 2 is 1.85 bits per heavy atom. The fourth-order valence-corrected chi connectivity index (χ4v) is 3.81. The summed E-state index contributed by atoms with van der Waals surface area (Å²) in [6.07, 6.45) is 1.08. The molecular weight excluding hydrogens is 360 g/mol. The van der Waals surface area contributed by atoms with Gasteiger partial charge in [-0.2, -0.15) is 0 Å². The first-order chi connectivity index (χ1) is 12.9. The van der Waals surface area contributed by atoms with Crippen LogP contribution in [0.2, 0.25) is 25.7 Å². The summed E-state index contributed by atoms with van der Waals surface area (Å²) < 4.78 is 28.9. The minimum absolute atomic E-state index is 0.0119. The van der Waals surface area contributed by atoms with Gasteiger partial charge < -0.3 is 23.7 Å². The van der Waals surface area contributed by atoms with Crippen molar-refractivity contribution in [3.05, 3.63) is 42.5 Å². The summed E-state index contributed by atoms with van der Waals surface area (Å²) in [4.78, 5) is 0. The molecule has 152 valence electrons. The van der Waals surface area contributed by atoms with Crippen molar-refractivity contribution < 1.29 is 23.7 Å². The average Bonchev–Trinajstić information content (AvgIpc) is 3.00. The van der Waals surface area contributed by atoms with E-state index < -0.39 is 8.07 Å². The van der Waals surface area contributed by atoms with Gasteiger partial charge in [0.25, 0.3) is 0 Å². The number of benzene rings is 1. The monoisotopic (exact) mass is 394 g/mol. The first kappa shape index (κ1) is 22.1.